The summed E-state index contributed by atoms with van der Waals surface area (Å²) in [5.41, 5.74) is 2.05. The fourth-order valence-corrected chi connectivity index (χ4v) is 3.32. The van der Waals surface area contributed by atoms with Gasteiger partial charge in [0.05, 0.1) is 12.2 Å². The highest BCUT2D eigenvalue weighted by molar-refractivity contribution is 5.77. The van der Waals surface area contributed by atoms with Gasteiger partial charge < -0.3 is 5.32 Å². The monoisotopic (exact) mass is 348 g/mol. The molecule has 4 rings (SSSR count). The third kappa shape index (κ3) is 3.48. The first-order valence-corrected chi connectivity index (χ1v) is 8.69. The summed E-state index contributed by atoms with van der Waals surface area (Å²) in [4.78, 5) is 14.4. The van der Waals surface area contributed by atoms with Crippen molar-refractivity contribution in [3.05, 3.63) is 72.1 Å². The molecule has 1 N–H and O–H groups in total. The van der Waals surface area contributed by atoms with Gasteiger partial charge in [0.2, 0.25) is 5.91 Å². The number of aromatic nitrogens is 4. The predicted molar refractivity (Wildman–Crippen MR) is 96.4 cm³/mol. The summed E-state index contributed by atoms with van der Waals surface area (Å²) in [5.74, 6) is 0.829. The number of tetrazole rings is 1. The number of para-hydroxylation sites is 1. The molecule has 0 spiro atoms. The SMILES string of the molecule is O=C1CC(c2ccccc2)N(Cc2nnnn2-c2ccccc2)CCN1. The third-order valence-electron chi connectivity index (χ3n) is 4.60. The molecule has 1 aromatic heterocycles. The molecule has 26 heavy (non-hydrogen) atoms. The van der Waals surface area contributed by atoms with E-state index in [1.807, 2.05) is 48.5 Å². The molecule has 7 nitrogen and oxygen atoms in total. The number of carbonyl (C=O) groups is 1. The number of carbonyl (C=O) groups excluding carboxylic acids is 1. The lowest BCUT2D eigenvalue weighted by Crippen LogP contribution is -2.31. The van der Waals surface area contributed by atoms with Gasteiger partial charge in [0.1, 0.15) is 0 Å². The predicted octanol–water partition coefficient (Wildman–Crippen LogP) is 1.73. The summed E-state index contributed by atoms with van der Waals surface area (Å²) in [6, 6.07) is 20.0. The van der Waals surface area contributed by atoms with Crippen molar-refractivity contribution in [3.8, 4) is 5.69 Å². The van der Waals surface area contributed by atoms with Gasteiger partial charge in [-0.3, -0.25) is 9.69 Å². The van der Waals surface area contributed by atoms with Crippen molar-refractivity contribution >= 4 is 5.91 Å². The van der Waals surface area contributed by atoms with Gasteiger partial charge in [-0.1, -0.05) is 48.5 Å². The number of nitrogens with zero attached hydrogens (tertiary/aromatic N) is 5. The van der Waals surface area contributed by atoms with Crippen molar-refractivity contribution in [2.45, 2.75) is 19.0 Å². The van der Waals surface area contributed by atoms with E-state index < -0.39 is 0 Å². The van der Waals surface area contributed by atoms with Crippen molar-refractivity contribution in [2.24, 2.45) is 0 Å². The quantitative estimate of drug-likeness (QED) is 0.777. The molecular weight excluding hydrogens is 328 g/mol. The van der Waals surface area contributed by atoms with Crippen molar-refractivity contribution in [3.63, 3.8) is 0 Å². The highest BCUT2D eigenvalue weighted by atomic mass is 16.1. The number of nitrogens with one attached hydrogen (secondary N) is 1. The number of hydrogen-bond donors (Lipinski definition) is 1. The van der Waals surface area contributed by atoms with Crippen molar-refractivity contribution in [2.75, 3.05) is 13.1 Å². The highest BCUT2D eigenvalue weighted by Crippen LogP contribution is 2.27. The van der Waals surface area contributed by atoms with Crippen LogP contribution >= 0.6 is 0 Å². The smallest absolute Gasteiger partial charge is 0.221 e. The van der Waals surface area contributed by atoms with Gasteiger partial charge in [-0.2, -0.15) is 4.68 Å². The van der Waals surface area contributed by atoms with Crippen LogP contribution in [-0.4, -0.2) is 44.1 Å². The van der Waals surface area contributed by atoms with Crippen LogP contribution in [0.1, 0.15) is 23.9 Å². The number of benzene rings is 2. The minimum atomic E-state index is -0.000349. The van der Waals surface area contributed by atoms with Crippen LogP contribution in [0.2, 0.25) is 0 Å². The Bertz CT molecular complexity index is 864. The first kappa shape index (κ1) is 16.4. The molecule has 3 aromatic rings. The molecule has 1 atom stereocenters. The second-order valence-corrected chi connectivity index (χ2v) is 6.29. The molecule has 1 aliphatic rings. The van der Waals surface area contributed by atoms with E-state index in [4.69, 9.17) is 0 Å². The lowest BCUT2D eigenvalue weighted by Gasteiger charge is -2.28. The maximum atomic E-state index is 12.1. The van der Waals surface area contributed by atoms with Crippen LogP contribution < -0.4 is 5.32 Å². The minimum absolute atomic E-state index is 0.000349. The third-order valence-corrected chi connectivity index (χ3v) is 4.60. The summed E-state index contributed by atoms with van der Waals surface area (Å²) in [6.07, 6.45) is 0.427. The molecule has 7 heteroatoms. The normalized spacial score (nSPS) is 18.3. The van der Waals surface area contributed by atoms with Gasteiger partial charge in [-0.25, -0.2) is 0 Å². The zero-order chi connectivity index (χ0) is 17.8. The average Bonchev–Trinajstić information content (AvgIpc) is 3.07. The van der Waals surface area contributed by atoms with E-state index in [9.17, 15) is 4.79 Å². The van der Waals surface area contributed by atoms with Gasteiger partial charge in [0, 0.05) is 25.6 Å². The van der Waals surface area contributed by atoms with E-state index in [1.54, 1.807) is 4.68 Å². The second kappa shape index (κ2) is 7.45. The summed E-state index contributed by atoms with van der Waals surface area (Å²) in [5, 5.41) is 15.2. The lowest BCUT2D eigenvalue weighted by atomic mass is 10.0. The zero-order valence-corrected chi connectivity index (χ0v) is 14.3. The molecule has 1 unspecified atom stereocenters. The van der Waals surface area contributed by atoms with E-state index >= 15 is 0 Å². The Kier molecular flexibility index (Phi) is 4.70. The van der Waals surface area contributed by atoms with Crippen LogP contribution in [0.25, 0.3) is 5.69 Å². The van der Waals surface area contributed by atoms with Crippen molar-refractivity contribution < 1.29 is 4.79 Å². The van der Waals surface area contributed by atoms with E-state index in [0.29, 0.717) is 19.5 Å². The maximum absolute atomic E-state index is 12.1. The summed E-state index contributed by atoms with van der Waals surface area (Å²) in [6.45, 7) is 1.93. The Labute approximate surface area is 151 Å². The van der Waals surface area contributed by atoms with Crippen LogP contribution in [-0.2, 0) is 11.3 Å². The fourth-order valence-electron chi connectivity index (χ4n) is 3.32. The second-order valence-electron chi connectivity index (χ2n) is 6.29. The highest BCUT2D eigenvalue weighted by Gasteiger charge is 2.27. The van der Waals surface area contributed by atoms with Gasteiger partial charge in [0.15, 0.2) is 5.82 Å². The first-order valence-electron chi connectivity index (χ1n) is 8.69. The van der Waals surface area contributed by atoms with Crippen LogP contribution in [0.5, 0.6) is 0 Å². The standard InChI is InChI=1S/C19H20N6O/c26-19-13-17(15-7-3-1-4-8-15)24(12-11-20-19)14-18-21-22-23-25(18)16-9-5-2-6-10-16/h1-10,17H,11-14H2,(H,20,26). The van der Waals surface area contributed by atoms with Gasteiger partial charge in [0.25, 0.3) is 0 Å². The van der Waals surface area contributed by atoms with Gasteiger partial charge in [-0.15, -0.1) is 5.10 Å². The maximum Gasteiger partial charge on any atom is 0.221 e. The number of amides is 1. The topological polar surface area (TPSA) is 75.9 Å². The Morgan fingerprint density at radius 1 is 1.04 bits per heavy atom. The number of hydrogen-bond acceptors (Lipinski definition) is 5. The van der Waals surface area contributed by atoms with Crippen molar-refractivity contribution in [1.82, 2.24) is 30.4 Å². The molecule has 0 bridgehead atoms. The van der Waals surface area contributed by atoms with E-state index in [-0.39, 0.29) is 11.9 Å². The minimum Gasteiger partial charge on any atom is -0.355 e. The lowest BCUT2D eigenvalue weighted by molar-refractivity contribution is -0.121. The Morgan fingerprint density at radius 3 is 2.54 bits per heavy atom. The summed E-state index contributed by atoms with van der Waals surface area (Å²) in [7, 11) is 0. The van der Waals surface area contributed by atoms with E-state index in [1.165, 1.54) is 0 Å². The van der Waals surface area contributed by atoms with E-state index in [2.05, 4.69) is 37.9 Å². The molecule has 1 fully saturated rings. The number of rotatable bonds is 4. The van der Waals surface area contributed by atoms with Crippen molar-refractivity contribution in [1.29, 1.82) is 0 Å². The van der Waals surface area contributed by atoms with Crippen LogP contribution in [0, 0.1) is 0 Å². The molecule has 1 aliphatic heterocycles. The molecule has 132 valence electrons. The van der Waals surface area contributed by atoms with Crippen LogP contribution in [0.3, 0.4) is 0 Å². The van der Waals surface area contributed by atoms with Crippen LogP contribution in [0.15, 0.2) is 60.7 Å². The molecule has 0 radical (unpaired) electrons. The Hall–Kier alpha value is -3.06. The first-order chi connectivity index (χ1) is 12.8. The molecule has 0 aliphatic carbocycles. The largest absolute Gasteiger partial charge is 0.355 e. The molecule has 1 saturated heterocycles. The summed E-state index contributed by atoms with van der Waals surface area (Å²) < 4.78 is 1.75. The Morgan fingerprint density at radius 2 is 1.77 bits per heavy atom. The van der Waals surface area contributed by atoms with E-state index in [0.717, 1.165) is 23.6 Å². The van der Waals surface area contributed by atoms with Gasteiger partial charge in [-0.05, 0) is 28.1 Å². The Balaban J connectivity index is 1.63. The average molecular weight is 348 g/mol. The molecular formula is C19H20N6O. The molecule has 0 saturated carbocycles. The van der Waals surface area contributed by atoms with Gasteiger partial charge >= 0.3 is 0 Å². The zero-order valence-electron chi connectivity index (χ0n) is 14.3. The molecule has 1 amide bonds. The molecule has 2 aromatic carbocycles. The van der Waals surface area contributed by atoms with Crippen LogP contribution in [0.4, 0.5) is 0 Å². The molecule has 2 heterocycles. The fraction of sp³-hybridized carbons (Fsp3) is 0.263. The summed E-state index contributed by atoms with van der Waals surface area (Å²) >= 11 is 0.